The average molecular weight is 236 g/mol. The molecule has 0 saturated heterocycles. The van der Waals surface area contributed by atoms with E-state index in [0.717, 1.165) is 0 Å². The van der Waals surface area contributed by atoms with Gasteiger partial charge in [0.05, 0.1) is 0 Å². The minimum Gasteiger partial charge on any atom is -0.481 e. The van der Waals surface area contributed by atoms with Gasteiger partial charge in [0, 0.05) is 18.9 Å². The van der Waals surface area contributed by atoms with E-state index in [1.54, 1.807) is 0 Å². The summed E-state index contributed by atoms with van der Waals surface area (Å²) in [7, 11) is 0. The van der Waals surface area contributed by atoms with Crippen molar-refractivity contribution in [3.8, 4) is 0 Å². The van der Waals surface area contributed by atoms with Gasteiger partial charge in [0.1, 0.15) is 6.10 Å². The fourth-order valence-corrected chi connectivity index (χ4v) is 1.47. The van der Waals surface area contributed by atoms with Crippen LogP contribution in [-0.4, -0.2) is 50.5 Å². The first kappa shape index (κ1) is 15.3. The second kappa shape index (κ2) is 8.46. The molecule has 6 nitrogen and oxygen atoms in total. The fourth-order valence-electron chi connectivity index (χ4n) is 1.47. The lowest BCUT2D eigenvalue weighted by Crippen LogP contribution is -2.35. The fraction of sp³-hybridized carbons (Fsp3) is 0.900. The van der Waals surface area contributed by atoms with Gasteiger partial charge in [-0.05, 0) is 12.8 Å². The van der Waals surface area contributed by atoms with Crippen molar-refractivity contribution in [1.82, 2.24) is 0 Å². The number of hydrogen-bond donors (Lipinski definition) is 5. The van der Waals surface area contributed by atoms with Crippen LogP contribution in [0.25, 0.3) is 0 Å². The Morgan fingerprint density at radius 1 is 1.06 bits per heavy atom. The lowest BCUT2D eigenvalue weighted by molar-refractivity contribution is -0.147. The molecule has 0 radical (unpaired) electrons. The summed E-state index contributed by atoms with van der Waals surface area (Å²) in [4.78, 5) is 10.2. The predicted octanol–water partition coefficient (Wildman–Crippen LogP) is -0.698. The van der Waals surface area contributed by atoms with Crippen molar-refractivity contribution in [3.63, 3.8) is 0 Å². The number of aliphatic carboxylic acids is 1. The van der Waals surface area contributed by atoms with Gasteiger partial charge in [-0.2, -0.15) is 0 Å². The summed E-state index contributed by atoms with van der Waals surface area (Å²) in [6.07, 6.45) is -0.797. The maximum atomic E-state index is 10.2. The monoisotopic (exact) mass is 236 g/mol. The van der Waals surface area contributed by atoms with Crippen molar-refractivity contribution in [3.05, 3.63) is 0 Å². The Bertz CT molecular complexity index is 194. The van der Waals surface area contributed by atoms with Crippen LogP contribution in [0.5, 0.6) is 0 Å². The highest BCUT2D eigenvalue weighted by molar-refractivity contribution is 5.66. The molecule has 0 aliphatic heterocycles. The summed E-state index contributed by atoms with van der Waals surface area (Å²) >= 11 is 0. The number of carbonyl (C=O) groups is 1. The first-order valence-electron chi connectivity index (χ1n) is 5.36. The van der Waals surface area contributed by atoms with E-state index in [1.807, 2.05) is 0 Å². The van der Waals surface area contributed by atoms with Gasteiger partial charge in [-0.1, -0.05) is 12.8 Å². The van der Waals surface area contributed by atoms with E-state index < -0.39 is 24.3 Å². The van der Waals surface area contributed by atoms with Crippen molar-refractivity contribution in [1.29, 1.82) is 0 Å². The molecule has 0 aromatic carbocycles. The molecule has 2 unspecified atom stereocenters. The summed E-state index contributed by atoms with van der Waals surface area (Å²) in [5.41, 5.74) is 0. The van der Waals surface area contributed by atoms with Crippen LogP contribution in [0.2, 0.25) is 0 Å². The molecule has 2 atom stereocenters. The van der Waals surface area contributed by atoms with E-state index in [0.29, 0.717) is 25.7 Å². The average Bonchev–Trinajstić information content (AvgIpc) is 2.22. The molecule has 16 heavy (non-hydrogen) atoms. The maximum absolute atomic E-state index is 10.2. The van der Waals surface area contributed by atoms with Gasteiger partial charge in [0.15, 0.2) is 6.29 Å². The van der Waals surface area contributed by atoms with Crippen LogP contribution in [0.1, 0.15) is 32.1 Å². The molecule has 0 aromatic rings. The van der Waals surface area contributed by atoms with E-state index in [4.69, 9.17) is 20.4 Å². The van der Waals surface area contributed by atoms with Gasteiger partial charge in [-0.15, -0.1) is 0 Å². The van der Waals surface area contributed by atoms with Gasteiger partial charge < -0.3 is 25.5 Å². The number of hydrogen-bond acceptors (Lipinski definition) is 5. The van der Waals surface area contributed by atoms with Crippen molar-refractivity contribution < 1.29 is 30.3 Å². The summed E-state index contributed by atoms with van der Waals surface area (Å²) in [5, 5.41) is 44.0. The Morgan fingerprint density at radius 2 is 1.69 bits per heavy atom. The van der Waals surface area contributed by atoms with Gasteiger partial charge in [-0.25, -0.2) is 0 Å². The van der Waals surface area contributed by atoms with E-state index in [-0.39, 0.29) is 13.0 Å². The number of unbranched alkanes of at least 4 members (excludes halogenated alkanes) is 2. The summed E-state index contributed by atoms with van der Waals surface area (Å²) in [6, 6.07) is 0. The quantitative estimate of drug-likeness (QED) is 0.267. The third kappa shape index (κ3) is 6.73. The largest absolute Gasteiger partial charge is 0.481 e. The standard InChI is InChI=1S/C10H20O6/c11-6-7(9(14)10(15)16)4-2-1-3-5-8(12)13/h7,9-11,14-16H,1-6H2,(H,12,13). The first-order valence-corrected chi connectivity index (χ1v) is 5.36. The molecule has 0 aliphatic carbocycles. The van der Waals surface area contributed by atoms with Crippen LogP contribution < -0.4 is 0 Å². The normalized spacial score (nSPS) is 15.1. The van der Waals surface area contributed by atoms with Crippen molar-refractivity contribution >= 4 is 5.97 Å². The zero-order chi connectivity index (χ0) is 12.6. The second-order valence-electron chi connectivity index (χ2n) is 3.84. The van der Waals surface area contributed by atoms with Crippen LogP contribution in [0.15, 0.2) is 0 Å². The van der Waals surface area contributed by atoms with Gasteiger partial charge in [-0.3, -0.25) is 4.79 Å². The number of carboxylic acid groups (broad SMARTS) is 1. The molecule has 0 saturated carbocycles. The zero-order valence-electron chi connectivity index (χ0n) is 9.12. The predicted molar refractivity (Wildman–Crippen MR) is 55.5 cm³/mol. The Morgan fingerprint density at radius 3 is 2.12 bits per heavy atom. The molecule has 0 amide bonds. The van der Waals surface area contributed by atoms with Gasteiger partial charge >= 0.3 is 5.97 Å². The first-order chi connectivity index (χ1) is 7.49. The Hall–Kier alpha value is -0.690. The molecule has 0 heterocycles. The Kier molecular flexibility index (Phi) is 8.10. The highest BCUT2D eigenvalue weighted by Gasteiger charge is 2.23. The van der Waals surface area contributed by atoms with Crippen LogP contribution in [0.4, 0.5) is 0 Å². The molecule has 0 rings (SSSR count). The highest BCUT2D eigenvalue weighted by Crippen LogP contribution is 2.16. The molecule has 96 valence electrons. The number of rotatable bonds is 9. The van der Waals surface area contributed by atoms with Gasteiger partial charge in [0.2, 0.25) is 0 Å². The molecular weight excluding hydrogens is 216 g/mol. The van der Waals surface area contributed by atoms with E-state index >= 15 is 0 Å². The second-order valence-corrected chi connectivity index (χ2v) is 3.84. The third-order valence-corrected chi connectivity index (χ3v) is 2.49. The van der Waals surface area contributed by atoms with Crippen LogP contribution >= 0.6 is 0 Å². The minimum absolute atomic E-state index is 0.106. The van der Waals surface area contributed by atoms with E-state index in [2.05, 4.69) is 0 Å². The molecule has 6 heteroatoms. The Labute approximate surface area is 94.2 Å². The van der Waals surface area contributed by atoms with Crippen molar-refractivity contribution in [2.75, 3.05) is 6.61 Å². The molecule has 0 bridgehead atoms. The number of carboxylic acids is 1. The lowest BCUT2D eigenvalue weighted by atomic mass is 9.95. The van der Waals surface area contributed by atoms with Crippen LogP contribution in [-0.2, 0) is 4.79 Å². The van der Waals surface area contributed by atoms with E-state index in [1.165, 1.54) is 0 Å². The molecule has 0 fully saturated rings. The van der Waals surface area contributed by atoms with E-state index in [9.17, 15) is 9.90 Å². The number of aliphatic hydroxyl groups is 4. The molecule has 5 N–H and O–H groups in total. The summed E-state index contributed by atoms with van der Waals surface area (Å²) < 4.78 is 0. The molecule has 0 spiro atoms. The smallest absolute Gasteiger partial charge is 0.303 e. The summed E-state index contributed by atoms with van der Waals surface area (Å²) in [6.45, 7) is -0.322. The summed E-state index contributed by atoms with van der Waals surface area (Å²) in [5.74, 6) is -1.42. The van der Waals surface area contributed by atoms with Crippen LogP contribution in [0, 0.1) is 5.92 Å². The SMILES string of the molecule is O=C(O)CCCCCC(CO)C(O)C(O)O. The van der Waals surface area contributed by atoms with Crippen molar-refractivity contribution in [2.24, 2.45) is 5.92 Å². The number of aliphatic hydroxyl groups excluding tert-OH is 3. The maximum Gasteiger partial charge on any atom is 0.303 e. The third-order valence-electron chi connectivity index (χ3n) is 2.49. The molecular formula is C10H20O6. The lowest BCUT2D eigenvalue weighted by Gasteiger charge is -2.21. The zero-order valence-corrected chi connectivity index (χ0v) is 9.12. The minimum atomic E-state index is -1.85. The molecule has 0 aromatic heterocycles. The highest BCUT2D eigenvalue weighted by atomic mass is 16.5. The van der Waals surface area contributed by atoms with Crippen LogP contribution in [0.3, 0.4) is 0 Å². The molecule has 0 aliphatic rings. The van der Waals surface area contributed by atoms with Gasteiger partial charge in [0.25, 0.3) is 0 Å². The topological polar surface area (TPSA) is 118 Å². The Balaban J connectivity index is 3.67. The van der Waals surface area contributed by atoms with Crippen molar-refractivity contribution in [2.45, 2.75) is 44.5 Å².